The van der Waals surface area contributed by atoms with Crippen molar-refractivity contribution in [2.75, 3.05) is 13.1 Å². The monoisotopic (exact) mass is 273 g/mol. The lowest BCUT2D eigenvalue weighted by Crippen LogP contribution is -2.29. The van der Waals surface area contributed by atoms with Gasteiger partial charge in [0.25, 0.3) is 10.0 Å². The molecule has 2 N–H and O–H groups in total. The number of aromatic amines is 1. The number of hydrogen-bond acceptors (Lipinski definition) is 4. The minimum absolute atomic E-state index is 0.00796. The van der Waals surface area contributed by atoms with Gasteiger partial charge in [-0.3, -0.25) is 4.79 Å². The van der Waals surface area contributed by atoms with E-state index in [1.165, 1.54) is 10.5 Å². The summed E-state index contributed by atoms with van der Waals surface area (Å²) in [5, 5.41) is 8.76. The van der Waals surface area contributed by atoms with Crippen molar-refractivity contribution >= 4 is 16.0 Å². The van der Waals surface area contributed by atoms with Gasteiger partial charge in [-0.25, -0.2) is 13.4 Å². The number of sulfonamides is 1. The average molecular weight is 273 g/mol. The molecule has 0 saturated carbocycles. The molecule has 1 fully saturated rings. The smallest absolute Gasteiger partial charge is 0.303 e. The third-order valence-electron chi connectivity index (χ3n) is 3.01. The summed E-state index contributed by atoms with van der Waals surface area (Å²) in [5.41, 5.74) is 0. The van der Waals surface area contributed by atoms with Gasteiger partial charge in [-0.15, -0.1) is 0 Å². The van der Waals surface area contributed by atoms with Gasteiger partial charge in [0.1, 0.15) is 5.82 Å². The Kier molecular flexibility index (Phi) is 3.40. The molecule has 2 rings (SSSR count). The normalized spacial score (nSPS) is 21.3. The molecule has 18 heavy (non-hydrogen) atoms. The molecule has 7 nitrogen and oxygen atoms in total. The molecule has 1 unspecified atom stereocenters. The molecule has 1 aliphatic heterocycles. The van der Waals surface area contributed by atoms with Crippen molar-refractivity contribution in [2.45, 2.75) is 24.8 Å². The van der Waals surface area contributed by atoms with Crippen LogP contribution in [0.25, 0.3) is 0 Å². The van der Waals surface area contributed by atoms with Gasteiger partial charge in [0.15, 0.2) is 5.03 Å². The molecule has 0 amide bonds. The molecule has 0 aromatic carbocycles. The highest BCUT2D eigenvalue weighted by Crippen LogP contribution is 2.25. The summed E-state index contributed by atoms with van der Waals surface area (Å²) in [4.78, 5) is 17.2. The fourth-order valence-corrected chi connectivity index (χ4v) is 3.59. The number of imidazole rings is 1. The van der Waals surface area contributed by atoms with E-state index < -0.39 is 16.0 Å². The molecule has 2 heterocycles. The largest absolute Gasteiger partial charge is 0.481 e. The van der Waals surface area contributed by atoms with Crippen LogP contribution < -0.4 is 0 Å². The first-order valence-corrected chi connectivity index (χ1v) is 7.07. The number of aliphatic carboxylic acids is 1. The second-order valence-corrected chi connectivity index (χ2v) is 6.35. The standard InChI is InChI=1S/C10H15N3O4S/c1-7-11-5-9(12-7)18(16,17)13-3-2-8(6-13)4-10(14)15/h5,8H,2-4,6H2,1H3,(H,11,12)(H,14,15). The molecule has 1 atom stereocenters. The first-order valence-electron chi connectivity index (χ1n) is 5.63. The number of aromatic nitrogens is 2. The SMILES string of the molecule is Cc1ncc(S(=O)(=O)N2CCC(CC(=O)O)C2)[nH]1. The number of carboxylic acids is 1. The third-order valence-corrected chi connectivity index (χ3v) is 4.78. The summed E-state index contributed by atoms with van der Waals surface area (Å²) in [7, 11) is -3.56. The van der Waals surface area contributed by atoms with E-state index in [0.717, 1.165) is 0 Å². The Hall–Kier alpha value is -1.41. The van der Waals surface area contributed by atoms with Gasteiger partial charge >= 0.3 is 5.97 Å². The predicted octanol–water partition coefficient (Wildman–Crippen LogP) is 0.203. The third kappa shape index (κ3) is 2.54. The number of rotatable bonds is 4. The second-order valence-electron chi connectivity index (χ2n) is 4.45. The molecule has 0 bridgehead atoms. The Bertz CT molecular complexity index is 551. The van der Waals surface area contributed by atoms with Gasteiger partial charge in [-0.1, -0.05) is 0 Å². The van der Waals surface area contributed by atoms with E-state index in [9.17, 15) is 13.2 Å². The van der Waals surface area contributed by atoms with Crippen LogP contribution in [0.5, 0.6) is 0 Å². The van der Waals surface area contributed by atoms with Crippen LogP contribution in [0.3, 0.4) is 0 Å². The van der Waals surface area contributed by atoms with E-state index in [4.69, 9.17) is 5.11 Å². The zero-order chi connectivity index (χ0) is 13.3. The summed E-state index contributed by atoms with van der Waals surface area (Å²) in [6.07, 6.45) is 1.88. The van der Waals surface area contributed by atoms with Crippen LogP contribution >= 0.6 is 0 Å². The van der Waals surface area contributed by atoms with Gasteiger partial charge in [0.05, 0.1) is 6.20 Å². The molecule has 1 aliphatic rings. The van der Waals surface area contributed by atoms with Crippen molar-refractivity contribution in [3.05, 3.63) is 12.0 Å². The van der Waals surface area contributed by atoms with Gasteiger partial charge in [-0.05, 0) is 19.3 Å². The lowest BCUT2D eigenvalue weighted by atomic mass is 10.1. The highest BCUT2D eigenvalue weighted by atomic mass is 32.2. The quantitative estimate of drug-likeness (QED) is 0.815. The molecule has 0 spiro atoms. The molecule has 1 aromatic heterocycles. The number of hydrogen-bond donors (Lipinski definition) is 2. The van der Waals surface area contributed by atoms with Crippen LogP contribution in [0.2, 0.25) is 0 Å². The van der Waals surface area contributed by atoms with Crippen molar-refractivity contribution in [1.82, 2.24) is 14.3 Å². The maximum Gasteiger partial charge on any atom is 0.303 e. The topological polar surface area (TPSA) is 103 Å². The fourth-order valence-electron chi connectivity index (χ4n) is 2.10. The lowest BCUT2D eigenvalue weighted by Gasteiger charge is -2.14. The summed E-state index contributed by atoms with van der Waals surface area (Å²) < 4.78 is 25.7. The molecular formula is C10H15N3O4S. The number of carboxylic acid groups (broad SMARTS) is 1. The van der Waals surface area contributed by atoms with Gasteiger partial charge in [0.2, 0.25) is 0 Å². The lowest BCUT2D eigenvalue weighted by molar-refractivity contribution is -0.137. The van der Waals surface area contributed by atoms with Crippen LogP contribution in [-0.2, 0) is 14.8 Å². The first kappa shape index (κ1) is 13.0. The predicted molar refractivity (Wildman–Crippen MR) is 62.4 cm³/mol. The zero-order valence-corrected chi connectivity index (χ0v) is 10.8. The fraction of sp³-hybridized carbons (Fsp3) is 0.600. The molecule has 0 radical (unpaired) electrons. The van der Waals surface area contributed by atoms with Crippen LogP contribution in [0, 0.1) is 12.8 Å². The van der Waals surface area contributed by atoms with Crippen LogP contribution in [0.4, 0.5) is 0 Å². The minimum atomic E-state index is -3.56. The van der Waals surface area contributed by atoms with Crippen molar-refractivity contribution in [2.24, 2.45) is 5.92 Å². The molecule has 100 valence electrons. The number of aryl methyl sites for hydroxylation is 1. The highest BCUT2D eigenvalue weighted by Gasteiger charge is 2.34. The summed E-state index contributed by atoms with van der Waals surface area (Å²) >= 11 is 0. The Morgan fingerprint density at radius 1 is 1.67 bits per heavy atom. The number of nitrogens with one attached hydrogen (secondary N) is 1. The molecule has 8 heteroatoms. The number of H-pyrrole nitrogens is 1. The maximum absolute atomic E-state index is 12.2. The van der Waals surface area contributed by atoms with E-state index >= 15 is 0 Å². The minimum Gasteiger partial charge on any atom is -0.481 e. The van der Waals surface area contributed by atoms with Crippen molar-refractivity contribution in [3.8, 4) is 0 Å². The first-order chi connectivity index (χ1) is 8.39. The van der Waals surface area contributed by atoms with Crippen molar-refractivity contribution in [3.63, 3.8) is 0 Å². The summed E-state index contributed by atoms with van der Waals surface area (Å²) in [6, 6.07) is 0. The van der Waals surface area contributed by atoms with Gasteiger partial charge in [0, 0.05) is 19.5 Å². The van der Waals surface area contributed by atoms with Crippen LogP contribution in [0.15, 0.2) is 11.2 Å². The van der Waals surface area contributed by atoms with Crippen molar-refractivity contribution < 1.29 is 18.3 Å². The van der Waals surface area contributed by atoms with E-state index in [0.29, 0.717) is 18.8 Å². The van der Waals surface area contributed by atoms with E-state index in [2.05, 4.69) is 9.97 Å². The second kappa shape index (κ2) is 4.69. The Balaban J connectivity index is 2.11. The van der Waals surface area contributed by atoms with Crippen molar-refractivity contribution in [1.29, 1.82) is 0 Å². The zero-order valence-electron chi connectivity index (χ0n) is 9.96. The summed E-state index contributed by atoms with van der Waals surface area (Å²) in [6.45, 7) is 2.29. The van der Waals surface area contributed by atoms with E-state index in [1.54, 1.807) is 6.92 Å². The summed E-state index contributed by atoms with van der Waals surface area (Å²) in [5.74, 6) is -0.465. The molecule has 1 saturated heterocycles. The molecule has 1 aromatic rings. The number of carbonyl (C=O) groups is 1. The Morgan fingerprint density at radius 2 is 2.39 bits per heavy atom. The van der Waals surface area contributed by atoms with Crippen LogP contribution in [-0.4, -0.2) is 46.9 Å². The van der Waals surface area contributed by atoms with Gasteiger partial charge in [-0.2, -0.15) is 4.31 Å². The van der Waals surface area contributed by atoms with E-state index in [1.807, 2.05) is 0 Å². The highest BCUT2D eigenvalue weighted by molar-refractivity contribution is 7.89. The molecular weight excluding hydrogens is 258 g/mol. The average Bonchev–Trinajstić information content (AvgIpc) is 2.86. The Labute approximate surface area is 105 Å². The number of nitrogens with zero attached hydrogens (tertiary/aromatic N) is 2. The van der Waals surface area contributed by atoms with E-state index in [-0.39, 0.29) is 23.9 Å². The molecule has 0 aliphatic carbocycles. The Morgan fingerprint density at radius 3 is 2.94 bits per heavy atom. The van der Waals surface area contributed by atoms with Crippen LogP contribution in [0.1, 0.15) is 18.7 Å². The maximum atomic E-state index is 12.2. The van der Waals surface area contributed by atoms with Gasteiger partial charge < -0.3 is 10.1 Å².